The van der Waals surface area contributed by atoms with Crippen molar-refractivity contribution in [1.29, 1.82) is 0 Å². The highest BCUT2D eigenvalue weighted by molar-refractivity contribution is 8.18. The lowest BCUT2D eigenvalue weighted by atomic mass is 10.1. The lowest BCUT2D eigenvalue weighted by Gasteiger charge is -2.15. The highest BCUT2D eigenvalue weighted by Gasteiger charge is 2.34. The lowest BCUT2D eigenvalue weighted by molar-refractivity contribution is -0.124. The van der Waals surface area contributed by atoms with Gasteiger partial charge in [-0.05, 0) is 30.3 Å². The van der Waals surface area contributed by atoms with Crippen LogP contribution in [0.15, 0.2) is 29.2 Å². The van der Waals surface area contributed by atoms with E-state index < -0.39 is 0 Å². The Morgan fingerprint density at radius 2 is 1.89 bits per heavy atom. The van der Waals surface area contributed by atoms with Crippen LogP contribution in [0.3, 0.4) is 0 Å². The number of rotatable bonds is 7. The Labute approximate surface area is 171 Å². The Morgan fingerprint density at radius 1 is 1.14 bits per heavy atom. The third kappa shape index (κ3) is 5.17. The number of nitrogens with one attached hydrogen (secondary N) is 1. The normalized spacial score (nSPS) is 18.5. The molecule has 9 heteroatoms. The summed E-state index contributed by atoms with van der Waals surface area (Å²) >= 11 is 2.17. The molecule has 1 aromatic carbocycles. The zero-order valence-electron chi connectivity index (χ0n) is 15.5. The minimum atomic E-state index is -0.343. The molecular weight excluding hydrogens is 398 g/mol. The molecule has 2 heterocycles. The Balaban J connectivity index is 1.46. The van der Waals surface area contributed by atoms with Gasteiger partial charge in [0.05, 0.1) is 4.91 Å². The Hall–Kier alpha value is -2.26. The van der Waals surface area contributed by atoms with Gasteiger partial charge in [0, 0.05) is 38.4 Å². The molecule has 7 nitrogen and oxygen atoms in total. The fourth-order valence-corrected chi connectivity index (χ4v) is 4.48. The van der Waals surface area contributed by atoms with E-state index in [-0.39, 0.29) is 41.8 Å². The molecular formula is C19H21N3O4S2. The van der Waals surface area contributed by atoms with Crippen LogP contribution in [-0.2, 0) is 9.59 Å². The largest absolute Gasteiger partial charge is 0.354 e. The highest BCUT2D eigenvalue weighted by atomic mass is 32.2. The second-order valence-corrected chi connectivity index (χ2v) is 8.48. The molecule has 2 aliphatic heterocycles. The first-order chi connectivity index (χ1) is 13.4. The minimum Gasteiger partial charge on any atom is -0.354 e. The molecule has 3 rings (SSSR count). The van der Waals surface area contributed by atoms with E-state index in [1.165, 1.54) is 11.8 Å². The molecule has 0 bridgehead atoms. The van der Waals surface area contributed by atoms with E-state index in [9.17, 15) is 19.2 Å². The van der Waals surface area contributed by atoms with E-state index >= 15 is 0 Å². The van der Waals surface area contributed by atoms with Gasteiger partial charge in [0.2, 0.25) is 5.91 Å². The van der Waals surface area contributed by atoms with Crippen molar-refractivity contribution in [2.24, 2.45) is 0 Å². The number of nitrogens with zero attached hydrogens (tertiary/aromatic N) is 2. The smallest absolute Gasteiger partial charge is 0.293 e. The van der Waals surface area contributed by atoms with Gasteiger partial charge in [0.25, 0.3) is 16.4 Å². The average molecular weight is 420 g/mol. The second-order valence-electron chi connectivity index (χ2n) is 6.45. The summed E-state index contributed by atoms with van der Waals surface area (Å²) in [5, 5.41) is 2.37. The van der Waals surface area contributed by atoms with Crippen molar-refractivity contribution in [3.05, 3.63) is 40.3 Å². The van der Waals surface area contributed by atoms with Crippen LogP contribution in [-0.4, -0.2) is 64.0 Å². The van der Waals surface area contributed by atoms with Gasteiger partial charge in [-0.15, -0.1) is 0 Å². The number of hydrogen-bond acceptors (Lipinski definition) is 6. The van der Waals surface area contributed by atoms with Crippen molar-refractivity contribution < 1.29 is 19.2 Å². The van der Waals surface area contributed by atoms with Gasteiger partial charge in [-0.1, -0.05) is 41.6 Å². The first kappa shape index (κ1) is 20.5. The Morgan fingerprint density at radius 3 is 2.57 bits per heavy atom. The van der Waals surface area contributed by atoms with Crippen LogP contribution >= 0.6 is 23.5 Å². The zero-order chi connectivity index (χ0) is 20.1. The van der Waals surface area contributed by atoms with Crippen LogP contribution in [0.1, 0.15) is 17.5 Å². The first-order valence-electron chi connectivity index (χ1n) is 8.94. The molecule has 0 radical (unpaired) electrons. The van der Waals surface area contributed by atoms with Crippen LogP contribution in [0.4, 0.5) is 9.59 Å². The van der Waals surface area contributed by atoms with Gasteiger partial charge in [-0.25, -0.2) is 0 Å². The second kappa shape index (κ2) is 9.29. The summed E-state index contributed by atoms with van der Waals surface area (Å²) in [6.07, 6.45) is 1.91. The zero-order valence-corrected chi connectivity index (χ0v) is 17.1. The molecule has 1 N–H and O–H groups in total. The minimum absolute atomic E-state index is 0.00554. The maximum atomic E-state index is 12.5. The molecule has 2 fully saturated rings. The molecule has 2 saturated heterocycles. The summed E-state index contributed by atoms with van der Waals surface area (Å²) in [6, 6.07) is 7.68. The van der Waals surface area contributed by atoms with Gasteiger partial charge in [0.1, 0.15) is 0 Å². The number of aryl methyl sites for hydroxylation is 1. The lowest BCUT2D eigenvalue weighted by Crippen LogP contribution is -2.38. The fourth-order valence-electron chi connectivity index (χ4n) is 2.77. The van der Waals surface area contributed by atoms with E-state index in [1.807, 2.05) is 31.2 Å². The molecule has 0 aromatic heterocycles. The van der Waals surface area contributed by atoms with Gasteiger partial charge < -0.3 is 10.2 Å². The molecule has 4 amide bonds. The molecule has 0 aliphatic carbocycles. The van der Waals surface area contributed by atoms with Crippen LogP contribution in [0.25, 0.3) is 6.08 Å². The maximum absolute atomic E-state index is 12.5. The van der Waals surface area contributed by atoms with Crippen LogP contribution in [0, 0.1) is 6.92 Å². The highest BCUT2D eigenvalue weighted by Crippen LogP contribution is 2.31. The first-order valence-corrected chi connectivity index (χ1v) is 10.7. The van der Waals surface area contributed by atoms with Crippen molar-refractivity contribution in [2.45, 2.75) is 13.3 Å². The number of carbonyl (C=O) groups excluding carboxylic acids is 4. The van der Waals surface area contributed by atoms with E-state index in [0.29, 0.717) is 18.0 Å². The molecule has 0 unspecified atom stereocenters. The topological polar surface area (TPSA) is 86.8 Å². The number of thioether (sulfide) groups is 2. The summed E-state index contributed by atoms with van der Waals surface area (Å²) < 4.78 is 0. The van der Waals surface area contributed by atoms with E-state index in [2.05, 4.69) is 5.32 Å². The molecule has 148 valence electrons. The van der Waals surface area contributed by atoms with Crippen molar-refractivity contribution in [1.82, 2.24) is 15.1 Å². The van der Waals surface area contributed by atoms with Crippen LogP contribution in [0.2, 0.25) is 0 Å². The maximum Gasteiger partial charge on any atom is 0.293 e. The molecule has 1 aromatic rings. The summed E-state index contributed by atoms with van der Waals surface area (Å²) in [6.45, 7) is 3.35. The predicted octanol–water partition coefficient (Wildman–Crippen LogP) is 2.71. The number of amides is 4. The van der Waals surface area contributed by atoms with E-state index in [0.717, 1.165) is 33.5 Å². The number of hydrogen-bond donors (Lipinski definition) is 1. The monoisotopic (exact) mass is 419 g/mol. The molecule has 0 saturated carbocycles. The van der Waals surface area contributed by atoms with Crippen LogP contribution < -0.4 is 5.32 Å². The Kier molecular flexibility index (Phi) is 6.79. The fraction of sp³-hybridized carbons (Fsp3) is 0.368. The summed E-state index contributed by atoms with van der Waals surface area (Å²) in [4.78, 5) is 51.2. The quantitative estimate of drug-likeness (QED) is 0.684. The number of imide groups is 1. The summed E-state index contributed by atoms with van der Waals surface area (Å²) in [5.41, 5.74) is 1.98. The molecule has 2 aliphatic rings. The molecule has 0 spiro atoms. The summed E-state index contributed by atoms with van der Waals surface area (Å²) in [5.74, 6) is 0.215. The molecule has 28 heavy (non-hydrogen) atoms. The van der Waals surface area contributed by atoms with Crippen LogP contribution in [0.5, 0.6) is 0 Å². The van der Waals surface area contributed by atoms with Crippen molar-refractivity contribution in [3.8, 4) is 0 Å². The van der Waals surface area contributed by atoms with Gasteiger partial charge in [-0.3, -0.25) is 24.1 Å². The predicted molar refractivity (Wildman–Crippen MR) is 111 cm³/mol. The summed E-state index contributed by atoms with van der Waals surface area (Å²) in [7, 11) is 0. The van der Waals surface area contributed by atoms with E-state index in [1.54, 1.807) is 11.0 Å². The third-order valence-electron chi connectivity index (χ3n) is 4.36. The third-order valence-corrected chi connectivity index (χ3v) is 6.16. The van der Waals surface area contributed by atoms with Crippen molar-refractivity contribution in [2.75, 3.05) is 31.9 Å². The number of benzene rings is 1. The van der Waals surface area contributed by atoms with Crippen molar-refractivity contribution in [3.63, 3.8) is 0 Å². The van der Waals surface area contributed by atoms with E-state index in [4.69, 9.17) is 0 Å². The van der Waals surface area contributed by atoms with Gasteiger partial charge in [-0.2, -0.15) is 0 Å². The number of carbonyl (C=O) groups is 4. The molecule has 0 atom stereocenters. The van der Waals surface area contributed by atoms with Gasteiger partial charge in [0.15, 0.2) is 0 Å². The van der Waals surface area contributed by atoms with Crippen molar-refractivity contribution >= 4 is 51.9 Å². The Bertz CT molecular complexity index is 823. The SMILES string of the molecule is Cc1ccc(/C=C2\SC(=O)N(CCNC(=O)CCN3CCSC3=O)C2=O)cc1. The average Bonchev–Trinajstić information content (AvgIpc) is 3.19. The standard InChI is InChI=1S/C19H21N3O4S2/c1-13-2-4-14(5-3-13)12-15-17(24)22(19(26)28-15)9-7-20-16(23)6-8-21-10-11-27-18(21)25/h2-5,12H,6-11H2,1H3,(H,20,23)/b15-12-. The van der Waals surface area contributed by atoms with Gasteiger partial charge >= 0.3 is 0 Å².